The lowest BCUT2D eigenvalue weighted by atomic mass is 10.2. The standard InChI is InChI=1S/C21H21N3O4S/c25-21(23-14-18-10-12-22-13-11-18)16-28-19-6-8-20(9-7-19)29(26,27)24-15-17-4-2-1-3-5-17/h1-13,24H,14-16H2,(H,23,25). The maximum atomic E-state index is 12.4. The first-order chi connectivity index (χ1) is 14.0. The molecule has 1 amide bonds. The zero-order valence-electron chi connectivity index (χ0n) is 15.6. The van der Waals surface area contributed by atoms with Gasteiger partial charge in [-0.3, -0.25) is 9.78 Å². The van der Waals surface area contributed by atoms with Gasteiger partial charge in [-0.1, -0.05) is 30.3 Å². The molecule has 0 atom stereocenters. The van der Waals surface area contributed by atoms with E-state index in [1.54, 1.807) is 12.4 Å². The third kappa shape index (κ3) is 6.41. The lowest BCUT2D eigenvalue weighted by Crippen LogP contribution is -2.28. The van der Waals surface area contributed by atoms with E-state index in [1.165, 1.54) is 24.3 Å². The van der Waals surface area contributed by atoms with Crippen molar-refractivity contribution < 1.29 is 17.9 Å². The summed E-state index contributed by atoms with van der Waals surface area (Å²) in [6.45, 7) is 0.428. The van der Waals surface area contributed by atoms with Gasteiger partial charge in [0, 0.05) is 25.5 Å². The van der Waals surface area contributed by atoms with Gasteiger partial charge in [-0.2, -0.15) is 0 Å². The van der Waals surface area contributed by atoms with Crippen LogP contribution in [0.2, 0.25) is 0 Å². The Hall–Kier alpha value is -3.23. The van der Waals surface area contributed by atoms with Gasteiger partial charge >= 0.3 is 0 Å². The van der Waals surface area contributed by atoms with Crippen molar-refractivity contribution in [2.45, 2.75) is 18.0 Å². The molecule has 0 unspecified atom stereocenters. The van der Waals surface area contributed by atoms with Gasteiger partial charge in [0.15, 0.2) is 6.61 Å². The predicted molar refractivity (Wildman–Crippen MR) is 108 cm³/mol. The third-order valence-electron chi connectivity index (χ3n) is 4.05. The fourth-order valence-corrected chi connectivity index (χ4v) is 3.49. The van der Waals surface area contributed by atoms with Crippen LogP contribution in [0, 0.1) is 0 Å². The van der Waals surface area contributed by atoms with Crippen LogP contribution in [0.1, 0.15) is 11.1 Å². The van der Waals surface area contributed by atoms with Crippen LogP contribution in [0.3, 0.4) is 0 Å². The van der Waals surface area contributed by atoms with E-state index in [0.29, 0.717) is 12.3 Å². The average molecular weight is 411 g/mol. The Labute approximate surface area is 169 Å². The minimum Gasteiger partial charge on any atom is -0.484 e. The predicted octanol–water partition coefficient (Wildman–Crippen LogP) is 2.26. The first-order valence-corrected chi connectivity index (χ1v) is 10.4. The molecule has 0 aliphatic rings. The van der Waals surface area contributed by atoms with E-state index in [0.717, 1.165) is 11.1 Å². The second kappa shape index (κ2) is 9.81. The molecule has 3 aromatic rings. The molecule has 7 nitrogen and oxygen atoms in total. The number of hydrogen-bond acceptors (Lipinski definition) is 5. The van der Waals surface area contributed by atoms with E-state index >= 15 is 0 Å². The summed E-state index contributed by atoms with van der Waals surface area (Å²) in [5.41, 5.74) is 1.81. The highest BCUT2D eigenvalue weighted by atomic mass is 32.2. The van der Waals surface area contributed by atoms with Gasteiger partial charge in [0.2, 0.25) is 10.0 Å². The monoisotopic (exact) mass is 411 g/mol. The smallest absolute Gasteiger partial charge is 0.258 e. The molecule has 0 bridgehead atoms. The number of hydrogen-bond donors (Lipinski definition) is 2. The average Bonchev–Trinajstić information content (AvgIpc) is 2.77. The molecular formula is C21H21N3O4S. The van der Waals surface area contributed by atoms with Gasteiger partial charge in [-0.05, 0) is 47.5 Å². The molecule has 150 valence electrons. The summed E-state index contributed by atoms with van der Waals surface area (Å²) in [4.78, 5) is 15.9. The first-order valence-electron chi connectivity index (χ1n) is 8.95. The Bertz CT molecular complexity index is 1020. The number of sulfonamides is 1. The Kier molecular flexibility index (Phi) is 6.94. The van der Waals surface area contributed by atoms with Gasteiger partial charge < -0.3 is 10.1 Å². The molecule has 0 fully saturated rings. The van der Waals surface area contributed by atoms with Gasteiger partial charge in [0.05, 0.1) is 4.90 Å². The van der Waals surface area contributed by atoms with Gasteiger partial charge in [-0.15, -0.1) is 0 Å². The Morgan fingerprint density at radius 1 is 0.862 bits per heavy atom. The summed E-state index contributed by atoms with van der Waals surface area (Å²) in [7, 11) is -3.64. The maximum absolute atomic E-state index is 12.4. The molecule has 2 N–H and O–H groups in total. The van der Waals surface area contributed by atoms with Gasteiger partial charge in [-0.25, -0.2) is 13.1 Å². The second-order valence-electron chi connectivity index (χ2n) is 6.20. The summed E-state index contributed by atoms with van der Waals surface area (Å²) in [6, 6.07) is 18.8. The van der Waals surface area contributed by atoms with Crippen molar-refractivity contribution in [3.63, 3.8) is 0 Å². The molecule has 2 aromatic carbocycles. The molecule has 3 rings (SSSR count). The molecule has 0 saturated carbocycles. The zero-order chi connectivity index (χ0) is 20.5. The summed E-state index contributed by atoms with van der Waals surface area (Å²) in [5, 5.41) is 2.74. The molecular weight excluding hydrogens is 390 g/mol. The van der Waals surface area contributed by atoms with Gasteiger partial charge in [0.25, 0.3) is 5.91 Å². The molecule has 29 heavy (non-hydrogen) atoms. The SMILES string of the molecule is O=C(COc1ccc(S(=O)(=O)NCc2ccccc2)cc1)NCc1ccncc1. The van der Waals surface area contributed by atoms with E-state index < -0.39 is 10.0 Å². The summed E-state index contributed by atoms with van der Waals surface area (Å²) < 4.78 is 32.7. The molecule has 1 heterocycles. The van der Waals surface area contributed by atoms with E-state index in [1.807, 2.05) is 42.5 Å². The minimum absolute atomic E-state index is 0.128. The number of pyridine rings is 1. The van der Waals surface area contributed by atoms with E-state index in [4.69, 9.17) is 4.74 Å². The zero-order valence-corrected chi connectivity index (χ0v) is 16.4. The van der Waals surface area contributed by atoms with Crippen LogP contribution in [0.5, 0.6) is 5.75 Å². The summed E-state index contributed by atoms with van der Waals surface area (Å²) in [5.74, 6) is 0.133. The van der Waals surface area contributed by atoms with E-state index in [-0.39, 0.29) is 24.0 Å². The largest absolute Gasteiger partial charge is 0.484 e. The summed E-state index contributed by atoms with van der Waals surface area (Å²) >= 11 is 0. The van der Waals surface area contributed by atoms with Crippen molar-refractivity contribution in [1.82, 2.24) is 15.0 Å². The molecule has 0 saturated heterocycles. The fourth-order valence-electron chi connectivity index (χ4n) is 2.47. The van der Waals surface area contributed by atoms with Crippen molar-refractivity contribution in [3.8, 4) is 5.75 Å². The molecule has 0 aliphatic heterocycles. The Balaban J connectivity index is 1.48. The van der Waals surface area contributed by atoms with Gasteiger partial charge in [0.1, 0.15) is 5.75 Å². The van der Waals surface area contributed by atoms with Crippen LogP contribution in [-0.4, -0.2) is 25.9 Å². The van der Waals surface area contributed by atoms with Crippen molar-refractivity contribution >= 4 is 15.9 Å². The number of amides is 1. The number of ether oxygens (including phenoxy) is 1. The highest BCUT2D eigenvalue weighted by molar-refractivity contribution is 7.89. The van der Waals surface area contributed by atoms with Crippen molar-refractivity contribution in [2.75, 3.05) is 6.61 Å². The number of nitrogens with zero attached hydrogens (tertiary/aromatic N) is 1. The van der Waals surface area contributed by atoms with Crippen LogP contribution in [0.4, 0.5) is 0 Å². The second-order valence-corrected chi connectivity index (χ2v) is 7.97. The van der Waals surface area contributed by atoms with Crippen molar-refractivity contribution in [3.05, 3.63) is 90.3 Å². The number of benzene rings is 2. The molecule has 1 aromatic heterocycles. The van der Waals surface area contributed by atoms with Crippen molar-refractivity contribution in [2.24, 2.45) is 0 Å². The highest BCUT2D eigenvalue weighted by Gasteiger charge is 2.14. The normalized spacial score (nSPS) is 11.0. The number of rotatable bonds is 9. The molecule has 0 aliphatic carbocycles. The van der Waals surface area contributed by atoms with E-state index in [9.17, 15) is 13.2 Å². The van der Waals surface area contributed by atoms with Crippen LogP contribution in [-0.2, 0) is 27.9 Å². The third-order valence-corrected chi connectivity index (χ3v) is 5.47. The molecule has 0 radical (unpaired) electrons. The molecule has 0 spiro atoms. The van der Waals surface area contributed by atoms with Crippen molar-refractivity contribution in [1.29, 1.82) is 0 Å². The maximum Gasteiger partial charge on any atom is 0.258 e. The number of carbonyl (C=O) groups excluding carboxylic acids is 1. The quantitative estimate of drug-likeness (QED) is 0.563. The highest BCUT2D eigenvalue weighted by Crippen LogP contribution is 2.16. The number of aromatic nitrogens is 1. The van der Waals surface area contributed by atoms with Crippen LogP contribution in [0.25, 0.3) is 0 Å². The number of carbonyl (C=O) groups is 1. The summed E-state index contributed by atoms with van der Waals surface area (Å²) in [6.07, 6.45) is 3.31. The Morgan fingerprint density at radius 2 is 1.52 bits per heavy atom. The van der Waals surface area contributed by atoms with Crippen LogP contribution < -0.4 is 14.8 Å². The molecule has 8 heteroatoms. The van der Waals surface area contributed by atoms with Crippen LogP contribution >= 0.6 is 0 Å². The van der Waals surface area contributed by atoms with E-state index in [2.05, 4.69) is 15.0 Å². The topological polar surface area (TPSA) is 97.4 Å². The fraction of sp³-hybridized carbons (Fsp3) is 0.143. The first kappa shape index (κ1) is 20.5. The Morgan fingerprint density at radius 3 is 2.21 bits per heavy atom. The minimum atomic E-state index is -3.64. The number of nitrogens with one attached hydrogen (secondary N) is 2. The lowest BCUT2D eigenvalue weighted by Gasteiger charge is -2.09. The lowest BCUT2D eigenvalue weighted by molar-refractivity contribution is -0.123. The van der Waals surface area contributed by atoms with Crippen LogP contribution in [0.15, 0.2) is 84.0 Å².